The maximum Gasteiger partial charge on any atom is 0.181 e. The number of nitrogens with zero attached hydrogens (tertiary/aromatic N) is 3. The van der Waals surface area contributed by atoms with Gasteiger partial charge < -0.3 is 15.6 Å². The van der Waals surface area contributed by atoms with Crippen molar-refractivity contribution >= 4 is 34.0 Å². The van der Waals surface area contributed by atoms with Gasteiger partial charge in [-0.25, -0.2) is 9.97 Å². The number of para-hydroxylation sites is 1. The van der Waals surface area contributed by atoms with Crippen molar-refractivity contribution < 1.29 is 0 Å². The molecule has 1 aromatic carbocycles. The SMILES string of the molecule is Clc1c(-c2c[nH]c3ccccc23)nc(NC2CCNCC2)c2nccn12. The minimum Gasteiger partial charge on any atom is -0.364 e. The van der Waals surface area contributed by atoms with E-state index < -0.39 is 0 Å². The lowest BCUT2D eigenvalue weighted by Crippen LogP contribution is -2.35. The highest BCUT2D eigenvalue weighted by atomic mass is 35.5. The first-order valence-electron chi connectivity index (χ1n) is 8.87. The Morgan fingerprint density at radius 1 is 1.19 bits per heavy atom. The number of H-pyrrole nitrogens is 1. The second-order valence-corrected chi connectivity index (χ2v) is 7.00. The quantitative estimate of drug-likeness (QED) is 0.517. The molecule has 3 N–H and O–H groups in total. The van der Waals surface area contributed by atoms with Gasteiger partial charge in [-0.05, 0) is 32.0 Å². The van der Waals surface area contributed by atoms with Crippen molar-refractivity contribution in [1.29, 1.82) is 0 Å². The molecule has 0 radical (unpaired) electrons. The fraction of sp³-hybridized carbons (Fsp3) is 0.263. The third-order valence-corrected chi connectivity index (χ3v) is 5.37. The molecule has 0 atom stereocenters. The molecule has 7 heteroatoms. The van der Waals surface area contributed by atoms with Gasteiger partial charge in [0.05, 0.1) is 0 Å². The minimum atomic E-state index is 0.390. The van der Waals surface area contributed by atoms with E-state index in [0.29, 0.717) is 11.2 Å². The summed E-state index contributed by atoms with van der Waals surface area (Å²) in [5, 5.41) is 8.65. The fourth-order valence-electron chi connectivity index (χ4n) is 3.65. The molecule has 3 aromatic heterocycles. The van der Waals surface area contributed by atoms with Crippen LogP contribution in [0.25, 0.3) is 27.8 Å². The molecule has 1 aliphatic heterocycles. The topological polar surface area (TPSA) is 70.0 Å². The van der Waals surface area contributed by atoms with Crippen molar-refractivity contribution in [3.8, 4) is 11.3 Å². The average molecular weight is 367 g/mol. The summed E-state index contributed by atoms with van der Waals surface area (Å²) in [6, 6.07) is 8.56. The van der Waals surface area contributed by atoms with Crippen molar-refractivity contribution in [3.05, 3.63) is 48.0 Å². The molecule has 1 aliphatic rings. The molecule has 0 unspecified atom stereocenters. The van der Waals surface area contributed by atoms with E-state index in [1.54, 1.807) is 6.20 Å². The molecule has 1 saturated heterocycles. The van der Waals surface area contributed by atoms with E-state index in [2.05, 4.69) is 32.7 Å². The Bertz CT molecular complexity index is 1080. The third kappa shape index (κ3) is 2.53. The Balaban J connectivity index is 1.66. The standard InChI is InChI=1S/C19H19ClN6/c20-17-16(14-11-23-15-4-2-1-3-13(14)15)25-18(19-22-9-10-26(17)19)24-12-5-7-21-8-6-12/h1-4,9-12,21,23H,5-8H2,(H,24,25). The predicted molar refractivity (Wildman–Crippen MR) is 105 cm³/mol. The number of fused-ring (bicyclic) bond motifs is 2. The second kappa shape index (κ2) is 6.30. The zero-order valence-corrected chi connectivity index (χ0v) is 14.9. The normalized spacial score (nSPS) is 15.7. The summed E-state index contributed by atoms with van der Waals surface area (Å²) >= 11 is 6.70. The van der Waals surface area contributed by atoms with Crippen LogP contribution >= 0.6 is 11.6 Å². The molecular formula is C19H19ClN6. The van der Waals surface area contributed by atoms with Crippen LogP contribution < -0.4 is 10.6 Å². The number of hydrogen-bond donors (Lipinski definition) is 3. The highest BCUT2D eigenvalue weighted by Gasteiger charge is 2.20. The lowest BCUT2D eigenvalue weighted by Gasteiger charge is -2.24. The first kappa shape index (κ1) is 15.7. The molecule has 0 spiro atoms. The van der Waals surface area contributed by atoms with Crippen LogP contribution in [0.2, 0.25) is 5.15 Å². The first-order chi connectivity index (χ1) is 12.8. The fourth-order valence-corrected chi connectivity index (χ4v) is 3.93. The summed E-state index contributed by atoms with van der Waals surface area (Å²) in [5.41, 5.74) is 3.58. The highest BCUT2D eigenvalue weighted by Crippen LogP contribution is 2.34. The van der Waals surface area contributed by atoms with E-state index in [0.717, 1.165) is 59.6 Å². The predicted octanol–water partition coefficient (Wildman–Crippen LogP) is 3.69. The molecule has 4 aromatic rings. The maximum absolute atomic E-state index is 6.70. The van der Waals surface area contributed by atoms with Gasteiger partial charge in [-0.15, -0.1) is 0 Å². The number of imidazole rings is 1. The zero-order valence-electron chi connectivity index (χ0n) is 14.2. The monoisotopic (exact) mass is 366 g/mol. The van der Waals surface area contributed by atoms with Crippen molar-refractivity contribution in [3.63, 3.8) is 0 Å². The Morgan fingerprint density at radius 3 is 2.92 bits per heavy atom. The molecule has 1 fully saturated rings. The van der Waals surface area contributed by atoms with Crippen molar-refractivity contribution in [2.24, 2.45) is 0 Å². The van der Waals surface area contributed by atoms with Crippen LogP contribution in [0.3, 0.4) is 0 Å². The molecule has 6 nitrogen and oxygen atoms in total. The number of piperidine rings is 1. The van der Waals surface area contributed by atoms with Gasteiger partial charge in [0.2, 0.25) is 0 Å². The average Bonchev–Trinajstić information content (AvgIpc) is 3.32. The highest BCUT2D eigenvalue weighted by molar-refractivity contribution is 6.32. The summed E-state index contributed by atoms with van der Waals surface area (Å²) in [6.45, 7) is 2.04. The Kier molecular flexibility index (Phi) is 3.80. The molecule has 0 aliphatic carbocycles. The summed E-state index contributed by atoms with van der Waals surface area (Å²) in [7, 11) is 0. The van der Waals surface area contributed by atoms with E-state index in [1.165, 1.54) is 0 Å². The zero-order chi connectivity index (χ0) is 17.5. The lowest BCUT2D eigenvalue weighted by molar-refractivity contribution is 0.478. The summed E-state index contributed by atoms with van der Waals surface area (Å²) < 4.78 is 1.90. The third-order valence-electron chi connectivity index (χ3n) is 5.01. The molecule has 26 heavy (non-hydrogen) atoms. The van der Waals surface area contributed by atoms with E-state index in [1.807, 2.05) is 28.9 Å². The van der Waals surface area contributed by atoms with E-state index in [9.17, 15) is 0 Å². The van der Waals surface area contributed by atoms with Gasteiger partial charge in [0.15, 0.2) is 11.5 Å². The van der Waals surface area contributed by atoms with Gasteiger partial charge in [0.25, 0.3) is 0 Å². The van der Waals surface area contributed by atoms with Crippen molar-refractivity contribution in [1.82, 2.24) is 24.7 Å². The smallest absolute Gasteiger partial charge is 0.181 e. The van der Waals surface area contributed by atoms with Crippen molar-refractivity contribution in [2.45, 2.75) is 18.9 Å². The number of aromatic amines is 1. The summed E-state index contributed by atoms with van der Waals surface area (Å²) in [5.74, 6) is 0.784. The van der Waals surface area contributed by atoms with E-state index >= 15 is 0 Å². The molecule has 0 amide bonds. The van der Waals surface area contributed by atoms with Crippen LogP contribution in [0.1, 0.15) is 12.8 Å². The van der Waals surface area contributed by atoms with Crippen LogP contribution in [-0.4, -0.2) is 38.5 Å². The van der Waals surface area contributed by atoms with Gasteiger partial charge in [-0.2, -0.15) is 0 Å². The molecule has 132 valence electrons. The van der Waals surface area contributed by atoms with E-state index in [-0.39, 0.29) is 0 Å². The van der Waals surface area contributed by atoms with Gasteiger partial charge in [-0.1, -0.05) is 29.8 Å². The number of anilines is 1. The van der Waals surface area contributed by atoms with Crippen LogP contribution in [0, 0.1) is 0 Å². The molecule has 0 bridgehead atoms. The second-order valence-electron chi connectivity index (χ2n) is 6.64. The first-order valence-corrected chi connectivity index (χ1v) is 9.25. The lowest BCUT2D eigenvalue weighted by atomic mass is 10.1. The molecular weight excluding hydrogens is 348 g/mol. The van der Waals surface area contributed by atoms with E-state index in [4.69, 9.17) is 16.6 Å². The Hall–Kier alpha value is -2.57. The van der Waals surface area contributed by atoms with Gasteiger partial charge in [-0.3, -0.25) is 4.40 Å². The van der Waals surface area contributed by atoms with Gasteiger partial charge in [0, 0.05) is 41.1 Å². The Labute approximate surface area is 155 Å². The van der Waals surface area contributed by atoms with Crippen LogP contribution in [0.5, 0.6) is 0 Å². The molecule has 4 heterocycles. The summed E-state index contributed by atoms with van der Waals surface area (Å²) in [6.07, 6.45) is 7.75. The van der Waals surface area contributed by atoms with Crippen LogP contribution in [-0.2, 0) is 0 Å². The number of halogens is 1. The number of hydrogen-bond acceptors (Lipinski definition) is 4. The largest absolute Gasteiger partial charge is 0.364 e. The van der Waals surface area contributed by atoms with Crippen LogP contribution in [0.15, 0.2) is 42.9 Å². The van der Waals surface area contributed by atoms with Gasteiger partial charge >= 0.3 is 0 Å². The minimum absolute atomic E-state index is 0.390. The Morgan fingerprint density at radius 2 is 2.04 bits per heavy atom. The van der Waals surface area contributed by atoms with Crippen molar-refractivity contribution in [2.75, 3.05) is 18.4 Å². The number of nitrogens with one attached hydrogen (secondary N) is 3. The molecule has 0 saturated carbocycles. The number of benzene rings is 1. The summed E-state index contributed by atoms with van der Waals surface area (Å²) in [4.78, 5) is 12.7. The van der Waals surface area contributed by atoms with Crippen LogP contribution in [0.4, 0.5) is 5.82 Å². The number of aromatic nitrogens is 4. The maximum atomic E-state index is 6.70. The molecule has 5 rings (SSSR count). The van der Waals surface area contributed by atoms with Gasteiger partial charge in [0.1, 0.15) is 10.8 Å². The number of rotatable bonds is 3.